The second-order valence-corrected chi connectivity index (χ2v) is 7.21. The zero-order valence-electron chi connectivity index (χ0n) is 11.7. The van der Waals surface area contributed by atoms with E-state index in [1.165, 1.54) is 14.0 Å². The smallest absolute Gasteiger partial charge is 0.338 e. The van der Waals surface area contributed by atoms with Crippen molar-refractivity contribution in [2.75, 3.05) is 6.54 Å². The summed E-state index contributed by atoms with van der Waals surface area (Å²) >= 11 is 3.48. The van der Waals surface area contributed by atoms with E-state index in [2.05, 4.69) is 31.2 Å². The van der Waals surface area contributed by atoms with Gasteiger partial charge in [-0.25, -0.2) is 9.86 Å². The number of carbonyl (C=O) groups is 1. The molecule has 0 aliphatic carbocycles. The van der Waals surface area contributed by atoms with Crippen molar-refractivity contribution < 1.29 is 10.0 Å². The summed E-state index contributed by atoms with van der Waals surface area (Å²) in [6.07, 6.45) is 0.676. The highest BCUT2D eigenvalue weighted by molar-refractivity contribution is 8.01. The van der Waals surface area contributed by atoms with E-state index >= 15 is 0 Å². The first-order valence-corrected chi connectivity index (χ1v) is 8.28. The second kappa shape index (κ2) is 7.49. The van der Waals surface area contributed by atoms with Crippen LogP contribution in [0.3, 0.4) is 0 Å². The third kappa shape index (κ3) is 4.77. The fourth-order valence-corrected chi connectivity index (χ4v) is 4.06. The Morgan fingerprint density at radius 1 is 1.33 bits per heavy atom. The number of carbonyl (C=O) groups excluding carboxylic acids is 1. The van der Waals surface area contributed by atoms with Gasteiger partial charge in [-0.05, 0) is 36.6 Å². The highest BCUT2D eigenvalue weighted by Gasteiger charge is 2.13. The standard InChI is InChI=1S/C15H18N2O2S2/c1-11(9-10-17(19)15(16)18)13-7-8-14(21-13)20-12-5-3-2-4-6-12/h2-8,11,19H,9-10H2,1H3,(H2,16,18). The molecule has 0 spiro atoms. The van der Waals surface area contributed by atoms with E-state index in [1.807, 2.05) is 18.2 Å². The molecule has 6 heteroatoms. The summed E-state index contributed by atoms with van der Waals surface area (Å²) in [5, 5.41) is 9.84. The zero-order valence-corrected chi connectivity index (χ0v) is 13.4. The van der Waals surface area contributed by atoms with Gasteiger partial charge in [0.2, 0.25) is 0 Å². The Hall–Kier alpha value is -1.50. The van der Waals surface area contributed by atoms with Gasteiger partial charge in [-0.2, -0.15) is 0 Å². The normalized spacial score (nSPS) is 12.1. The van der Waals surface area contributed by atoms with Crippen LogP contribution in [0.25, 0.3) is 0 Å². The molecule has 1 aromatic heterocycles. The van der Waals surface area contributed by atoms with Crippen LogP contribution < -0.4 is 5.73 Å². The van der Waals surface area contributed by atoms with Crippen LogP contribution in [0, 0.1) is 0 Å². The van der Waals surface area contributed by atoms with E-state index in [1.54, 1.807) is 23.1 Å². The fourth-order valence-electron chi connectivity index (χ4n) is 1.83. The van der Waals surface area contributed by atoms with E-state index in [-0.39, 0.29) is 12.5 Å². The average Bonchev–Trinajstić information content (AvgIpc) is 2.94. The fraction of sp³-hybridized carbons (Fsp3) is 0.267. The molecule has 112 valence electrons. The van der Waals surface area contributed by atoms with Crippen molar-refractivity contribution in [3.8, 4) is 0 Å². The number of amides is 2. The molecule has 0 bridgehead atoms. The number of rotatable bonds is 6. The van der Waals surface area contributed by atoms with Crippen LogP contribution in [-0.4, -0.2) is 22.8 Å². The molecular formula is C15H18N2O2S2. The number of nitrogens with two attached hydrogens (primary N) is 1. The molecule has 1 unspecified atom stereocenters. The molecule has 2 aromatic rings. The minimum atomic E-state index is -0.811. The third-order valence-electron chi connectivity index (χ3n) is 3.08. The summed E-state index contributed by atoms with van der Waals surface area (Å²) in [6.45, 7) is 2.33. The third-order valence-corrected chi connectivity index (χ3v) is 5.53. The van der Waals surface area contributed by atoms with Crippen molar-refractivity contribution in [2.24, 2.45) is 5.73 Å². The lowest BCUT2D eigenvalue weighted by molar-refractivity contribution is -0.0408. The van der Waals surface area contributed by atoms with Gasteiger partial charge in [-0.1, -0.05) is 36.9 Å². The van der Waals surface area contributed by atoms with Crippen molar-refractivity contribution in [3.05, 3.63) is 47.3 Å². The Labute approximate surface area is 132 Å². The maximum Gasteiger partial charge on any atom is 0.338 e. The number of hydrogen-bond acceptors (Lipinski definition) is 4. The summed E-state index contributed by atoms with van der Waals surface area (Å²) < 4.78 is 1.24. The van der Waals surface area contributed by atoms with E-state index in [4.69, 9.17) is 5.73 Å². The first kappa shape index (κ1) is 15.9. The molecule has 21 heavy (non-hydrogen) atoms. The van der Waals surface area contributed by atoms with E-state index < -0.39 is 6.03 Å². The number of nitrogens with zero attached hydrogens (tertiary/aromatic N) is 1. The SMILES string of the molecule is CC(CCN(O)C(N)=O)c1ccc(Sc2ccccc2)s1. The van der Waals surface area contributed by atoms with Crippen molar-refractivity contribution in [3.63, 3.8) is 0 Å². The molecule has 1 aromatic carbocycles. The topological polar surface area (TPSA) is 66.6 Å². The number of primary amides is 1. The Balaban J connectivity index is 1.91. The molecule has 3 N–H and O–H groups in total. The largest absolute Gasteiger partial charge is 0.350 e. The number of hydrogen-bond donors (Lipinski definition) is 2. The van der Waals surface area contributed by atoms with Crippen LogP contribution in [0.4, 0.5) is 4.79 Å². The van der Waals surface area contributed by atoms with E-state index in [0.29, 0.717) is 11.5 Å². The summed E-state index contributed by atoms with van der Waals surface area (Å²) in [4.78, 5) is 13.2. The summed E-state index contributed by atoms with van der Waals surface area (Å²) in [7, 11) is 0. The molecule has 0 aliphatic rings. The van der Waals surface area contributed by atoms with Gasteiger partial charge in [0.25, 0.3) is 0 Å². The maximum atomic E-state index is 10.8. The number of urea groups is 1. The van der Waals surface area contributed by atoms with Gasteiger partial charge in [-0.15, -0.1) is 11.3 Å². The lowest BCUT2D eigenvalue weighted by atomic mass is 10.1. The zero-order chi connectivity index (χ0) is 15.2. The van der Waals surface area contributed by atoms with Gasteiger partial charge < -0.3 is 5.73 Å². The van der Waals surface area contributed by atoms with Crippen molar-refractivity contribution in [1.82, 2.24) is 5.06 Å². The van der Waals surface area contributed by atoms with Gasteiger partial charge >= 0.3 is 6.03 Å². The van der Waals surface area contributed by atoms with Crippen molar-refractivity contribution in [2.45, 2.75) is 28.4 Å². The average molecular weight is 322 g/mol. The minimum Gasteiger partial charge on any atom is -0.350 e. The van der Waals surface area contributed by atoms with Crippen LogP contribution in [0.5, 0.6) is 0 Å². The molecule has 4 nitrogen and oxygen atoms in total. The first-order valence-electron chi connectivity index (χ1n) is 6.64. The predicted octanol–water partition coefficient (Wildman–Crippen LogP) is 4.16. The van der Waals surface area contributed by atoms with Gasteiger partial charge in [0.15, 0.2) is 0 Å². The van der Waals surface area contributed by atoms with Crippen LogP contribution in [0.15, 0.2) is 51.6 Å². The molecule has 1 heterocycles. The monoisotopic (exact) mass is 322 g/mol. The van der Waals surface area contributed by atoms with Crippen LogP contribution in [0.1, 0.15) is 24.1 Å². The first-order chi connectivity index (χ1) is 10.1. The van der Waals surface area contributed by atoms with Crippen LogP contribution in [0.2, 0.25) is 0 Å². The number of thiophene rings is 1. The Bertz CT molecular complexity index is 586. The summed E-state index contributed by atoms with van der Waals surface area (Å²) in [6, 6.07) is 13.6. The van der Waals surface area contributed by atoms with Gasteiger partial charge in [0.1, 0.15) is 0 Å². The van der Waals surface area contributed by atoms with Crippen LogP contribution in [-0.2, 0) is 0 Å². The molecule has 2 amide bonds. The Kier molecular flexibility index (Phi) is 5.67. The van der Waals surface area contributed by atoms with E-state index in [9.17, 15) is 10.0 Å². The van der Waals surface area contributed by atoms with Crippen LogP contribution >= 0.6 is 23.1 Å². The summed E-state index contributed by atoms with van der Waals surface area (Å²) in [5.74, 6) is 0.272. The van der Waals surface area contributed by atoms with Gasteiger partial charge in [0.05, 0.1) is 10.8 Å². The Morgan fingerprint density at radius 2 is 2.05 bits per heavy atom. The highest BCUT2D eigenvalue weighted by atomic mass is 32.2. The number of benzene rings is 1. The van der Waals surface area contributed by atoms with Crippen molar-refractivity contribution >= 4 is 29.1 Å². The maximum absolute atomic E-state index is 10.8. The van der Waals surface area contributed by atoms with Crippen molar-refractivity contribution in [1.29, 1.82) is 0 Å². The highest BCUT2D eigenvalue weighted by Crippen LogP contribution is 2.36. The predicted molar refractivity (Wildman–Crippen MR) is 86.0 cm³/mol. The molecule has 0 aliphatic heterocycles. The molecule has 1 atom stereocenters. The minimum absolute atomic E-state index is 0.246. The summed E-state index contributed by atoms with van der Waals surface area (Å²) in [5.41, 5.74) is 4.99. The Morgan fingerprint density at radius 3 is 2.71 bits per heavy atom. The molecule has 0 fully saturated rings. The lowest BCUT2D eigenvalue weighted by Gasteiger charge is -2.14. The molecular weight excluding hydrogens is 304 g/mol. The lowest BCUT2D eigenvalue weighted by Crippen LogP contribution is -2.33. The molecule has 0 saturated heterocycles. The van der Waals surface area contributed by atoms with Gasteiger partial charge in [-0.3, -0.25) is 5.21 Å². The molecule has 0 radical (unpaired) electrons. The quantitative estimate of drug-likeness (QED) is 0.620. The van der Waals surface area contributed by atoms with Gasteiger partial charge in [0, 0.05) is 9.77 Å². The van der Waals surface area contributed by atoms with E-state index in [0.717, 1.165) is 0 Å². The second-order valence-electron chi connectivity index (χ2n) is 4.72. The molecule has 0 saturated carbocycles. The molecule has 2 rings (SSSR count). The number of hydroxylamine groups is 2.